The van der Waals surface area contributed by atoms with Crippen molar-refractivity contribution in [3.63, 3.8) is 0 Å². The number of carboxylic acid groups (broad SMARTS) is 1. The molecule has 2 aliphatic heterocycles. The van der Waals surface area contributed by atoms with Crippen LogP contribution in [0.2, 0.25) is 0 Å². The fraction of sp³-hybridized carbons (Fsp3) is 0.591. The van der Waals surface area contributed by atoms with E-state index in [1.54, 1.807) is 6.07 Å². The molecule has 3 N–H and O–H groups in total. The van der Waals surface area contributed by atoms with Gasteiger partial charge in [0.15, 0.2) is 0 Å². The second kappa shape index (κ2) is 11.1. The van der Waals surface area contributed by atoms with Crippen LogP contribution in [0.25, 0.3) is 0 Å². The molecule has 1 aromatic carbocycles. The Kier molecular flexibility index (Phi) is 8.22. The fourth-order valence-electron chi connectivity index (χ4n) is 4.66. The molecule has 0 spiro atoms. The molecule has 0 aromatic heterocycles. The van der Waals surface area contributed by atoms with Gasteiger partial charge in [-0.3, -0.25) is 24.6 Å². The maximum absolute atomic E-state index is 14.7. The van der Waals surface area contributed by atoms with E-state index >= 15 is 0 Å². The molecule has 1 aromatic rings. The number of piperidine rings is 1. The average Bonchev–Trinajstić information content (AvgIpc) is 2.77. The van der Waals surface area contributed by atoms with Gasteiger partial charge in [-0.1, -0.05) is 19.3 Å². The molecule has 9 heteroatoms. The van der Waals surface area contributed by atoms with Gasteiger partial charge >= 0.3 is 0 Å². The van der Waals surface area contributed by atoms with E-state index < -0.39 is 6.04 Å². The number of hydrogen-bond donors (Lipinski definition) is 3. The fourth-order valence-corrected chi connectivity index (χ4v) is 4.66. The summed E-state index contributed by atoms with van der Waals surface area (Å²) in [5.41, 5.74) is 1.19. The Morgan fingerprint density at radius 3 is 2.35 bits per heavy atom. The highest BCUT2D eigenvalue weighted by molar-refractivity contribution is 6.01. The van der Waals surface area contributed by atoms with Crippen LogP contribution in [0, 0.1) is 5.82 Å². The molecule has 31 heavy (non-hydrogen) atoms. The van der Waals surface area contributed by atoms with E-state index in [2.05, 4.69) is 20.4 Å². The van der Waals surface area contributed by atoms with Gasteiger partial charge in [0.25, 0.3) is 6.47 Å². The van der Waals surface area contributed by atoms with Crippen molar-refractivity contribution in [2.75, 3.05) is 36.4 Å². The maximum Gasteiger partial charge on any atom is 0.290 e. The third-order valence-electron chi connectivity index (χ3n) is 6.27. The highest BCUT2D eigenvalue weighted by atomic mass is 19.1. The van der Waals surface area contributed by atoms with E-state index in [9.17, 15) is 14.0 Å². The Morgan fingerprint density at radius 1 is 1.06 bits per heavy atom. The molecular formula is C22H31FN4O4. The summed E-state index contributed by atoms with van der Waals surface area (Å²) in [7, 11) is 0. The summed E-state index contributed by atoms with van der Waals surface area (Å²) in [4.78, 5) is 36.2. The van der Waals surface area contributed by atoms with Crippen molar-refractivity contribution < 1.29 is 23.9 Å². The molecule has 170 valence electrons. The lowest BCUT2D eigenvalue weighted by atomic mass is 9.94. The SMILES string of the molecule is O=C1CCC(Nc2ccc(N3CCN(C4CCCCC4)CC3)c(F)c2)C(=O)N1.O=CO. The van der Waals surface area contributed by atoms with Crippen LogP contribution in [0.15, 0.2) is 18.2 Å². The zero-order valence-electron chi connectivity index (χ0n) is 17.7. The van der Waals surface area contributed by atoms with Gasteiger partial charge in [-0.05, 0) is 37.5 Å². The molecule has 0 bridgehead atoms. The van der Waals surface area contributed by atoms with Crippen LogP contribution < -0.4 is 15.5 Å². The van der Waals surface area contributed by atoms with Crippen LogP contribution in [0.1, 0.15) is 44.9 Å². The summed E-state index contributed by atoms with van der Waals surface area (Å²) in [5.74, 6) is -0.875. The number of imide groups is 1. The van der Waals surface area contributed by atoms with Crippen molar-refractivity contribution in [1.29, 1.82) is 0 Å². The minimum Gasteiger partial charge on any atom is -0.483 e. The van der Waals surface area contributed by atoms with Crippen molar-refractivity contribution in [3.8, 4) is 0 Å². The summed E-state index contributed by atoms with van der Waals surface area (Å²) in [5, 5.41) is 12.2. The van der Waals surface area contributed by atoms with E-state index in [1.807, 2.05) is 6.07 Å². The van der Waals surface area contributed by atoms with Gasteiger partial charge in [0, 0.05) is 44.3 Å². The van der Waals surface area contributed by atoms with Crippen LogP contribution in [-0.4, -0.2) is 66.6 Å². The molecular weight excluding hydrogens is 403 g/mol. The predicted molar refractivity (Wildman–Crippen MR) is 116 cm³/mol. The number of carbonyl (C=O) groups is 3. The molecule has 0 radical (unpaired) electrons. The molecule has 1 unspecified atom stereocenters. The molecule has 8 nitrogen and oxygen atoms in total. The molecule has 3 fully saturated rings. The van der Waals surface area contributed by atoms with Crippen molar-refractivity contribution in [3.05, 3.63) is 24.0 Å². The van der Waals surface area contributed by atoms with Crippen molar-refractivity contribution >= 4 is 29.7 Å². The normalized spacial score (nSPS) is 22.9. The largest absolute Gasteiger partial charge is 0.483 e. The number of nitrogens with zero attached hydrogens (tertiary/aromatic N) is 2. The van der Waals surface area contributed by atoms with Crippen LogP contribution in [-0.2, 0) is 14.4 Å². The highest BCUT2D eigenvalue weighted by Crippen LogP contribution is 2.28. The topological polar surface area (TPSA) is 102 Å². The molecule has 2 amide bonds. The van der Waals surface area contributed by atoms with E-state index in [1.165, 1.54) is 38.2 Å². The number of benzene rings is 1. The predicted octanol–water partition coefficient (Wildman–Crippen LogP) is 2.20. The number of halogens is 1. The van der Waals surface area contributed by atoms with E-state index in [0.717, 1.165) is 26.2 Å². The quantitative estimate of drug-likeness (QED) is 0.493. The standard InChI is InChI=1S/C21H29FN4O2.CH2O2/c22-17-14-15(23-18-7-9-20(27)24-21(18)28)6-8-19(17)26-12-10-25(11-13-26)16-4-2-1-3-5-16;2-1-3/h6,8,14,16,18,23H,1-5,7,9-13H2,(H,24,27,28);1H,(H,2,3). The van der Waals surface area contributed by atoms with Gasteiger partial charge in [-0.2, -0.15) is 0 Å². The molecule has 4 rings (SSSR count). The minimum absolute atomic E-state index is 0.250. The number of piperazine rings is 1. The van der Waals surface area contributed by atoms with Gasteiger partial charge in [0.2, 0.25) is 11.8 Å². The third-order valence-corrected chi connectivity index (χ3v) is 6.27. The summed E-state index contributed by atoms with van der Waals surface area (Å²) in [6, 6.07) is 5.27. The van der Waals surface area contributed by atoms with E-state index in [4.69, 9.17) is 9.90 Å². The smallest absolute Gasteiger partial charge is 0.290 e. The maximum atomic E-state index is 14.7. The molecule has 3 aliphatic rings. The summed E-state index contributed by atoms with van der Waals surface area (Å²) in [6.07, 6.45) is 7.36. The van der Waals surface area contributed by atoms with Gasteiger partial charge in [0.1, 0.15) is 11.9 Å². The molecule has 1 atom stereocenters. The van der Waals surface area contributed by atoms with Crippen molar-refractivity contribution in [1.82, 2.24) is 10.2 Å². The van der Waals surface area contributed by atoms with Crippen molar-refractivity contribution in [2.24, 2.45) is 0 Å². The number of nitrogens with one attached hydrogen (secondary N) is 2. The lowest BCUT2D eigenvalue weighted by Gasteiger charge is -2.41. The first kappa shape index (κ1) is 23.0. The summed E-state index contributed by atoms with van der Waals surface area (Å²) < 4.78 is 14.7. The summed E-state index contributed by atoms with van der Waals surface area (Å²) >= 11 is 0. The lowest BCUT2D eigenvalue weighted by Crippen LogP contribution is -2.51. The Labute approximate surface area is 181 Å². The molecule has 2 heterocycles. The van der Waals surface area contributed by atoms with Crippen molar-refractivity contribution in [2.45, 2.75) is 57.0 Å². The minimum atomic E-state index is -0.498. The van der Waals surface area contributed by atoms with Crippen LogP contribution in [0.5, 0.6) is 0 Å². The van der Waals surface area contributed by atoms with Crippen LogP contribution >= 0.6 is 0 Å². The Morgan fingerprint density at radius 2 is 1.74 bits per heavy atom. The molecule has 2 saturated heterocycles. The third kappa shape index (κ3) is 6.16. The first-order chi connectivity index (χ1) is 15.0. The number of hydrogen-bond acceptors (Lipinski definition) is 6. The monoisotopic (exact) mass is 434 g/mol. The van der Waals surface area contributed by atoms with Crippen LogP contribution in [0.3, 0.4) is 0 Å². The Hall–Kier alpha value is -2.68. The van der Waals surface area contributed by atoms with Gasteiger partial charge in [-0.25, -0.2) is 4.39 Å². The molecule has 1 saturated carbocycles. The Balaban J connectivity index is 0.000000858. The summed E-state index contributed by atoms with van der Waals surface area (Å²) in [6.45, 7) is 3.40. The number of rotatable bonds is 4. The average molecular weight is 435 g/mol. The first-order valence-corrected chi connectivity index (χ1v) is 11.0. The Bertz CT molecular complexity index is 777. The first-order valence-electron chi connectivity index (χ1n) is 11.0. The number of carbonyl (C=O) groups excluding carboxylic acids is 2. The van der Waals surface area contributed by atoms with Gasteiger partial charge in [0.05, 0.1) is 5.69 Å². The van der Waals surface area contributed by atoms with E-state index in [0.29, 0.717) is 30.3 Å². The van der Waals surface area contributed by atoms with E-state index in [-0.39, 0.29) is 24.1 Å². The second-order valence-electron chi connectivity index (χ2n) is 8.23. The highest BCUT2D eigenvalue weighted by Gasteiger charge is 2.28. The van der Waals surface area contributed by atoms with Crippen LogP contribution in [0.4, 0.5) is 15.8 Å². The molecule has 1 aliphatic carbocycles. The van der Waals surface area contributed by atoms with Gasteiger partial charge in [-0.15, -0.1) is 0 Å². The zero-order valence-corrected chi connectivity index (χ0v) is 17.7. The zero-order chi connectivity index (χ0) is 22.2. The lowest BCUT2D eigenvalue weighted by molar-refractivity contribution is -0.133. The number of anilines is 2. The second-order valence-corrected chi connectivity index (χ2v) is 8.23. The van der Waals surface area contributed by atoms with Gasteiger partial charge < -0.3 is 15.3 Å². The number of amides is 2.